The van der Waals surface area contributed by atoms with Gasteiger partial charge in [0.25, 0.3) is 0 Å². The number of rotatable bonds is 8. The lowest BCUT2D eigenvalue weighted by Gasteiger charge is -2.09. The summed E-state index contributed by atoms with van der Waals surface area (Å²) in [6, 6.07) is 14.9. The zero-order valence-electron chi connectivity index (χ0n) is 13.1. The SMILES string of the molecule is CCCOc1ccc(NC(=O)CNCc2ccccc2Cl)cc1. The minimum absolute atomic E-state index is 0.0979. The minimum atomic E-state index is -0.0979. The van der Waals surface area contributed by atoms with E-state index in [9.17, 15) is 4.79 Å². The fraction of sp³-hybridized carbons (Fsp3) is 0.278. The van der Waals surface area contributed by atoms with Gasteiger partial charge in [-0.3, -0.25) is 4.79 Å². The monoisotopic (exact) mass is 332 g/mol. The largest absolute Gasteiger partial charge is 0.494 e. The molecule has 122 valence electrons. The lowest BCUT2D eigenvalue weighted by atomic mass is 10.2. The molecule has 0 fully saturated rings. The number of carbonyl (C=O) groups is 1. The van der Waals surface area contributed by atoms with E-state index < -0.39 is 0 Å². The van der Waals surface area contributed by atoms with E-state index in [4.69, 9.17) is 16.3 Å². The van der Waals surface area contributed by atoms with Crippen LogP contribution in [-0.4, -0.2) is 19.1 Å². The summed E-state index contributed by atoms with van der Waals surface area (Å²) >= 11 is 6.07. The molecule has 0 radical (unpaired) electrons. The summed E-state index contributed by atoms with van der Waals surface area (Å²) in [5.41, 5.74) is 1.72. The van der Waals surface area contributed by atoms with Gasteiger partial charge >= 0.3 is 0 Å². The van der Waals surface area contributed by atoms with Crippen molar-refractivity contribution in [3.8, 4) is 5.75 Å². The highest BCUT2D eigenvalue weighted by Crippen LogP contribution is 2.16. The Hall–Kier alpha value is -2.04. The molecule has 0 aliphatic heterocycles. The summed E-state index contributed by atoms with van der Waals surface area (Å²) in [6.07, 6.45) is 0.968. The van der Waals surface area contributed by atoms with Gasteiger partial charge in [0.1, 0.15) is 5.75 Å². The molecule has 0 aromatic heterocycles. The Morgan fingerprint density at radius 1 is 1.13 bits per heavy atom. The van der Waals surface area contributed by atoms with Gasteiger partial charge in [0.15, 0.2) is 0 Å². The number of anilines is 1. The van der Waals surface area contributed by atoms with Crippen LogP contribution in [0.15, 0.2) is 48.5 Å². The van der Waals surface area contributed by atoms with Crippen LogP contribution >= 0.6 is 11.6 Å². The molecule has 0 spiro atoms. The molecule has 4 nitrogen and oxygen atoms in total. The second kappa shape index (κ2) is 9.18. The first kappa shape index (κ1) is 17.3. The summed E-state index contributed by atoms with van der Waals surface area (Å²) in [7, 11) is 0. The van der Waals surface area contributed by atoms with Gasteiger partial charge in [0.05, 0.1) is 13.2 Å². The Balaban J connectivity index is 1.75. The van der Waals surface area contributed by atoms with Crippen molar-refractivity contribution in [1.29, 1.82) is 0 Å². The van der Waals surface area contributed by atoms with E-state index in [1.54, 1.807) is 0 Å². The van der Waals surface area contributed by atoms with Crippen LogP contribution in [0.25, 0.3) is 0 Å². The zero-order chi connectivity index (χ0) is 16.5. The van der Waals surface area contributed by atoms with Crippen LogP contribution in [0.2, 0.25) is 5.02 Å². The fourth-order valence-electron chi connectivity index (χ4n) is 2.01. The maximum absolute atomic E-state index is 11.9. The van der Waals surface area contributed by atoms with Crippen molar-refractivity contribution in [3.05, 3.63) is 59.1 Å². The smallest absolute Gasteiger partial charge is 0.238 e. The average molecular weight is 333 g/mol. The molecular formula is C18H21ClN2O2. The van der Waals surface area contributed by atoms with E-state index >= 15 is 0 Å². The normalized spacial score (nSPS) is 10.3. The van der Waals surface area contributed by atoms with Crippen molar-refractivity contribution in [2.45, 2.75) is 19.9 Å². The molecule has 23 heavy (non-hydrogen) atoms. The molecule has 0 aliphatic carbocycles. The molecule has 0 unspecified atom stereocenters. The first-order chi connectivity index (χ1) is 11.2. The first-order valence-electron chi connectivity index (χ1n) is 7.66. The number of hydrogen-bond acceptors (Lipinski definition) is 3. The third kappa shape index (κ3) is 5.93. The van der Waals surface area contributed by atoms with Gasteiger partial charge in [-0.05, 0) is 42.3 Å². The molecule has 0 saturated heterocycles. The predicted molar refractivity (Wildman–Crippen MR) is 94.0 cm³/mol. The third-order valence-corrected chi connectivity index (χ3v) is 3.54. The van der Waals surface area contributed by atoms with Gasteiger partial charge in [0, 0.05) is 17.3 Å². The quantitative estimate of drug-likeness (QED) is 0.771. The van der Waals surface area contributed by atoms with E-state index in [-0.39, 0.29) is 12.5 Å². The van der Waals surface area contributed by atoms with Crippen LogP contribution in [-0.2, 0) is 11.3 Å². The highest BCUT2D eigenvalue weighted by molar-refractivity contribution is 6.31. The van der Waals surface area contributed by atoms with Gasteiger partial charge in [-0.25, -0.2) is 0 Å². The van der Waals surface area contributed by atoms with Crippen LogP contribution in [0, 0.1) is 0 Å². The second-order valence-corrected chi connectivity index (χ2v) is 5.52. The highest BCUT2D eigenvalue weighted by atomic mass is 35.5. The average Bonchev–Trinajstić information content (AvgIpc) is 2.56. The minimum Gasteiger partial charge on any atom is -0.494 e. The molecule has 2 aromatic rings. The third-order valence-electron chi connectivity index (χ3n) is 3.17. The Bertz CT molecular complexity index is 629. The summed E-state index contributed by atoms with van der Waals surface area (Å²) in [5, 5.41) is 6.61. The molecule has 0 bridgehead atoms. The molecule has 2 aromatic carbocycles. The summed E-state index contributed by atoms with van der Waals surface area (Å²) in [5.74, 6) is 0.709. The molecular weight excluding hydrogens is 312 g/mol. The van der Waals surface area contributed by atoms with E-state index in [0.717, 1.165) is 23.4 Å². The Morgan fingerprint density at radius 2 is 1.87 bits per heavy atom. The summed E-state index contributed by atoms with van der Waals surface area (Å²) in [6.45, 7) is 3.53. The van der Waals surface area contributed by atoms with Crippen LogP contribution in [0.3, 0.4) is 0 Å². The van der Waals surface area contributed by atoms with E-state index in [0.29, 0.717) is 18.2 Å². The topological polar surface area (TPSA) is 50.4 Å². The van der Waals surface area contributed by atoms with Crippen LogP contribution in [0.1, 0.15) is 18.9 Å². The first-order valence-corrected chi connectivity index (χ1v) is 8.03. The van der Waals surface area contributed by atoms with Crippen molar-refractivity contribution in [3.63, 3.8) is 0 Å². The summed E-state index contributed by atoms with van der Waals surface area (Å²) < 4.78 is 5.50. The number of benzene rings is 2. The number of halogens is 1. The predicted octanol–water partition coefficient (Wildman–Crippen LogP) is 3.86. The molecule has 0 atom stereocenters. The maximum Gasteiger partial charge on any atom is 0.238 e. The van der Waals surface area contributed by atoms with Crippen LogP contribution < -0.4 is 15.4 Å². The Morgan fingerprint density at radius 3 is 2.57 bits per heavy atom. The van der Waals surface area contributed by atoms with Crippen molar-refractivity contribution in [1.82, 2.24) is 5.32 Å². The molecule has 0 heterocycles. The Kier molecular flexibility index (Phi) is 6.91. The van der Waals surface area contributed by atoms with Gasteiger partial charge in [-0.1, -0.05) is 36.7 Å². The van der Waals surface area contributed by atoms with E-state index in [1.807, 2.05) is 48.5 Å². The number of nitrogens with one attached hydrogen (secondary N) is 2. The molecule has 2 rings (SSSR count). The number of hydrogen-bond donors (Lipinski definition) is 2. The molecule has 0 aliphatic rings. The molecule has 5 heteroatoms. The van der Waals surface area contributed by atoms with Crippen molar-refractivity contribution in [2.24, 2.45) is 0 Å². The van der Waals surface area contributed by atoms with Gasteiger partial charge in [-0.2, -0.15) is 0 Å². The van der Waals surface area contributed by atoms with E-state index in [2.05, 4.69) is 17.6 Å². The van der Waals surface area contributed by atoms with Crippen LogP contribution in [0.5, 0.6) is 5.75 Å². The molecule has 1 amide bonds. The van der Waals surface area contributed by atoms with Gasteiger partial charge in [0.2, 0.25) is 5.91 Å². The second-order valence-electron chi connectivity index (χ2n) is 5.12. The van der Waals surface area contributed by atoms with E-state index in [1.165, 1.54) is 0 Å². The van der Waals surface area contributed by atoms with Crippen molar-refractivity contribution < 1.29 is 9.53 Å². The lowest BCUT2D eigenvalue weighted by Crippen LogP contribution is -2.27. The van der Waals surface area contributed by atoms with Crippen molar-refractivity contribution in [2.75, 3.05) is 18.5 Å². The van der Waals surface area contributed by atoms with Gasteiger partial charge in [-0.15, -0.1) is 0 Å². The lowest BCUT2D eigenvalue weighted by molar-refractivity contribution is -0.115. The number of amides is 1. The van der Waals surface area contributed by atoms with Crippen LogP contribution in [0.4, 0.5) is 5.69 Å². The summed E-state index contributed by atoms with van der Waals surface area (Å²) in [4.78, 5) is 11.9. The number of ether oxygens (including phenoxy) is 1. The van der Waals surface area contributed by atoms with Gasteiger partial charge < -0.3 is 15.4 Å². The highest BCUT2D eigenvalue weighted by Gasteiger charge is 2.04. The fourth-order valence-corrected chi connectivity index (χ4v) is 2.21. The van der Waals surface area contributed by atoms with Crippen molar-refractivity contribution >= 4 is 23.2 Å². The maximum atomic E-state index is 11.9. The standard InChI is InChI=1S/C18H21ClN2O2/c1-2-11-23-16-9-7-15(8-10-16)21-18(22)13-20-12-14-5-3-4-6-17(14)19/h3-10,20H,2,11-13H2,1H3,(H,21,22). The number of carbonyl (C=O) groups excluding carboxylic acids is 1. The molecule has 0 saturated carbocycles. The zero-order valence-corrected chi connectivity index (χ0v) is 13.9. The molecule has 2 N–H and O–H groups in total. The Labute approximate surface area is 141 Å².